The Morgan fingerprint density at radius 3 is 2.55 bits per heavy atom. The molecule has 2 aliphatic carbocycles. The van der Waals surface area contributed by atoms with Crippen molar-refractivity contribution in [2.24, 2.45) is 16.7 Å². The molecule has 4 rings (SSSR count). The summed E-state index contributed by atoms with van der Waals surface area (Å²) in [5.41, 5.74) is 1.43. The second-order valence-electron chi connectivity index (χ2n) is 7.54. The molecule has 1 aliphatic heterocycles. The van der Waals surface area contributed by atoms with Gasteiger partial charge >= 0.3 is 7.12 Å². The second kappa shape index (κ2) is 3.69. The Labute approximate surface area is 122 Å². The van der Waals surface area contributed by atoms with Gasteiger partial charge in [0, 0.05) is 5.41 Å². The lowest BCUT2D eigenvalue weighted by molar-refractivity contribution is -0.0803. The average molecular weight is 270 g/mol. The van der Waals surface area contributed by atoms with Crippen LogP contribution in [0.3, 0.4) is 0 Å². The third-order valence-corrected chi connectivity index (χ3v) is 6.78. The van der Waals surface area contributed by atoms with Crippen LogP contribution in [0.4, 0.5) is 0 Å². The van der Waals surface area contributed by atoms with E-state index in [0.717, 1.165) is 0 Å². The van der Waals surface area contributed by atoms with Gasteiger partial charge in [0.15, 0.2) is 0 Å². The standard InChI is InChI=1S/C17H23BO2/c1-15(2)13-10-11-16(15,3)17(12-8-6-5-7-9-12)14(13)19-18(4)20-17/h5-9,13-14H,10-11H2,1-4H3/t13-,14-,16-,17-/m0/s1. The van der Waals surface area contributed by atoms with Crippen LogP contribution in [0.1, 0.15) is 39.2 Å². The number of benzene rings is 1. The zero-order chi connectivity index (χ0) is 14.2. The normalized spacial score (nSPS) is 44.9. The summed E-state index contributed by atoms with van der Waals surface area (Å²) in [4.78, 5) is 0. The van der Waals surface area contributed by atoms with Crippen molar-refractivity contribution in [3.8, 4) is 0 Å². The van der Waals surface area contributed by atoms with Crippen LogP contribution in [-0.4, -0.2) is 13.2 Å². The molecule has 3 aliphatic rings. The van der Waals surface area contributed by atoms with Crippen LogP contribution >= 0.6 is 0 Å². The highest BCUT2D eigenvalue weighted by molar-refractivity contribution is 6.43. The molecule has 2 saturated carbocycles. The molecule has 3 heteroatoms. The van der Waals surface area contributed by atoms with E-state index < -0.39 is 0 Å². The van der Waals surface area contributed by atoms with E-state index in [-0.39, 0.29) is 29.7 Å². The van der Waals surface area contributed by atoms with Gasteiger partial charge in [0.2, 0.25) is 0 Å². The SMILES string of the molecule is CB1O[C@H]2[C@@H]3CC[C@@](C)(C3(C)C)[C@@]2(c2ccccc2)O1. The molecule has 2 nitrogen and oxygen atoms in total. The molecule has 0 radical (unpaired) electrons. The Morgan fingerprint density at radius 1 is 1.15 bits per heavy atom. The number of rotatable bonds is 1. The molecular formula is C17H23BO2. The topological polar surface area (TPSA) is 18.5 Å². The maximum atomic E-state index is 6.51. The minimum atomic E-state index is -0.264. The smallest absolute Gasteiger partial charge is 0.405 e. The van der Waals surface area contributed by atoms with Gasteiger partial charge in [0.1, 0.15) is 5.60 Å². The molecule has 20 heavy (non-hydrogen) atoms. The first-order valence-electron chi connectivity index (χ1n) is 7.82. The molecule has 0 unspecified atom stereocenters. The molecule has 3 fully saturated rings. The number of fused-ring (bicyclic) bond motifs is 5. The minimum absolute atomic E-state index is 0.101. The first kappa shape index (κ1) is 12.9. The van der Waals surface area contributed by atoms with Crippen molar-refractivity contribution in [2.75, 3.05) is 0 Å². The minimum Gasteiger partial charge on any atom is -0.405 e. The zero-order valence-corrected chi connectivity index (χ0v) is 12.8. The molecule has 106 valence electrons. The monoisotopic (exact) mass is 270 g/mol. The first-order chi connectivity index (χ1) is 9.43. The Bertz CT molecular complexity index is 543. The summed E-state index contributed by atoms with van der Waals surface area (Å²) in [5.74, 6) is 0.595. The fourth-order valence-corrected chi connectivity index (χ4v) is 5.45. The van der Waals surface area contributed by atoms with E-state index in [0.29, 0.717) is 5.92 Å². The van der Waals surface area contributed by atoms with Crippen molar-refractivity contribution in [3.05, 3.63) is 35.9 Å². The fourth-order valence-electron chi connectivity index (χ4n) is 5.45. The Morgan fingerprint density at radius 2 is 1.85 bits per heavy atom. The van der Waals surface area contributed by atoms with Gasteiger partial charge in [-0.1, -0.05) is 51.1 Å². The van der Waals surface area contributed by atoms with Crippen LogP contribution in [0, 0.1) is 16.7 Å². The van der Waals surface area contributed by atoms with Crippen molar-refractivity contribution in [3.63, 3.8) is 0 Å². The Kier molecular flexibility index (Phi) is 2.38. The molecule has 1 heterocycles. The maximum Gasteiger partial charge on any atom is 0.454 e. The summed E-state index contributed by atoms with van der Waals surface area (Å²) in [7, 11) is -0.101. The van der Waals surface area contributed by atoms with E-state index in [2.05, 4.69) is 51.1 Å². The van der Waals surface area contributed by atoms with E-state index in [1.807, 2.05) is 6.82 Å². The predicted octanol–water partition coefficient (Wildman–Crippen LogP) is 3.87. The average Bonchev–Trinajstić information content (AvgIpc) is 2.93. The van der Waals surface area contributed by atoms with Crippen LogP contribution in [0.5, 0.6) is 0 Å². The number of hydrogen-bond donors (Lipinski definition) is 0. The highest BCUT2D eigenvalue weighted by Gasteiger charge is 2.77. The third kappa shape index (κ3) is 1.17. The summed E-state index contributed by atoms with van der Waals surface area (Å²) < 4.78 is 12.8. The van der Waals surface area contributed by atoms with Crippen LogP contribution in [-0.2, 0) is 14.9 Å². The van der Waals surface area contributed by atoms with Gasteiger partial charge in [-0.15, -0.1) is 0 Å². The quantitative estimate of drug-likeness (QED) is 0.721. The van der Waals surface area contributed by atoms with Crippen LogP contribution in [0.15, 0.2) is 30.3 Å². The van der Waals surface area contributed by atoms with Gasteiger partial charge < -0.3 is 9.31 Å². The van der Waals surface area contributed by atoms with Crippen molar-refractivity contribution < 1.29 is 9.31 Å². The predicted molar refractivity (Wildman–Crippen MR) is 80.3 cm³/mol. The Balaban J connectivity index is 1.96. The first-order valence-corrected chi connectivity index (χ1v) is 7.82. The van der Waals surface area contributed by atoms with E-state index in [1.165, 1.54) is 18.4 Å². The van der Waals surface area contributed by atoms with Gasteiger partial charge in [-0.25, -0.2) is 0 Å². The van der Waals surface area contributed by atoms with Crippen LogP contribution in [0.25, 0.3) is 0 Å². The summed E-state index contributed by atoms with van der Waals surface area (Å²) in [6.45, 7) is 9.27. The Hall–Kier alpha value is -0.795. The lowest BCUT2D eigenvalue weighted by Crippen LogP contribution is -2.49. The van der Waals surface area contributed by atoms with Crippen molar-refractivity contribution in [1.82, 2.24) is 0 Å². The third-order valence-electron chi connectivity index (χ3n) is 6.78. The van der Waals surface area contributed by atoms with Crippen molar-refractivity contribution in [1.29, 1.82) is 0 Å². The van der Waals surface area contributed by atoms with Crippen LogP contribution < -0.4 is 0 Å². The van der Waals surface area contributed by atoms with Crippen molar-refractivity contribution in [2.45, 2.75) is 52.1 Å². The molecule has 2 bridgehead atoms. The van der Waals surface area contributed by atoms with Gasteiger partial charge in [-0.05, 0) is 36.6 Å². The fraction of sp³-hybridized carbons (Fsp3) is 0.647. The van der Waals surface area contributed by atoms with Gasteiger partial charge in [0.05, 0.1) is 6.10 Å². The van der Waals surface area contributed by atoms with E-state index in [1.54, 1.807) is 0 Å². The highest BCUT2D eigenvalue weighted by atomic mass is 16.7. The summed E-state index contributed by atoms with van der Waals surface area (Å²) >= 11 is 0. The van der Waals surface area contributed by atoms with Crippen molar-refractivity contribution >= 4 is 7.12 Å². The van der Waals surface area contributed by atoms with Crippen LogP contribution in [0.2, 0.25) is 6.82 Å². The summed E-state index contributed by atoms with van der Waals surface area (Å²) in [6.07, 6.45) is 2.69. The molecule has 0 amide bonds. The maximum absolute atomic E-state index is 6.51. The molecule has 0 aromatic heterocycles. The van der Waals surface area contributed by atoms with E-state index in [9.17, 15) is 0 Å². The largest absolute Gasteiger partial charge is 0.454 e. The molecule has 4 atom stereocenters. The molecule has 1 aromatic rings. The zero-order valence-electron chi connectivity index (χ0n) is 12.8. The molecule has 0 N–H and O–H groups in total. The van der Waals surface area contributed by atoms with Gasteiger partial charge in [0.25, 0.3) is 0 Å². The molecular weight excluding hydrogens is 247 g/mol. The lowest BCUT2D eigenvalue weighted by Gasteiger charge is -2.48. The van der Waals surface area contributed by atoms with E-state index in [4.69, 9.17) is 9.31 Å². The van der Waals surface area contributed by atoms with E-state index >= 15 is 0 Å². The van der Waals surface area contributed by atoms with Gasteiger partial charge in [-0.2, -0.15) is 0 Å². The summed E-state index contributed by atoms with van der Waals surface area (Å²) in [6, 6.07) is 10.8. The molecule has 0 spiro atoms. The lowest BCUT2D eigenvalue weighted by atomic mass is 9.61. The highest BCUT2D eigenvalue weighted by Crippen LogP contribution is 2.75. The van der Waals surface area contributed by atoms with Gasteiger partial charge in [-0.3, -0.25) is 0 Å². The number of hydrogen-bond acceptors (Lipinski definition) is 2. The molecule has 1 aromatic carbocycles. The second-order valence-corrected chi connectivity index (χ2v) is 7.54. The molecule has 1 saturated heterocycles. The summed E-state index contributed by atoms with van der Waals surface area (Å²) in [5, 5.41) is 0.